The standard InChI is InChI=1S/C21H27O5P/c1-4-25-27(23,26-5-2)17-16-21(24-3,19-14-10-7-11-15-19)20(22)18-12-8-6-9-13-18/h6-15H,4-5,16-17H2,1-3H3. The Morgan fingerprint density at radius 1 is 0.926 bits per heavy atom. The van der Waals surface area contributed by atoms with Crippen LogP contribution < -0.4 is 0 Å². The Morgan fingerprint density at radius 2 is 1.44 bits per heavy atom. The summed E-state index contributed by atoms with van der Waals surface area (Å²) in [6.07, 6.45) is 0.258. The van der Waals surface area contributed by atoms with E-state index < -0.39 is 13.2 Å². The van der Waals surface area contributed by atoms with Crippen molar-refractivity contribution >= 4 is 13.4 Å². The Balaban J connectivity index is 2.43. The lowest BCUT2D eigenvalue weighted by atomic mass is 9.83. The minimum absolute atomic E-state index is 0.0794. The average molecular weight is 390 g/mol. The third-order valence-electron chi connectivity index (χ3n) is 4.38. The minimum atomic E-state index is -3.31. The molecule has 146 valence electrons. The van der Waals surface area contributed by atoms with Gasteiger partial charge in [-0.25, -0.2) is 0 Å². The second-order valence-corrected chi connectivity index (χ2v) is 8.20. The minimum Gasteiger partial charge on any atom is -0.365 e. The summed E-state index contributed by atoms with van der Waals surface area (Å²) in [7, 11) is -1.81. The molecular formula is C21H27O5P. The van der Waals surface area contributed by atoms with Crippen LogP contribution in [0.5, 0.6) is 0 Å². The Labute approximate surface area is 161 Å². The van der Waals surface area contributed by atoms with Crippen molar-refractivity contribution in [3.05, 3.63) is 71.8 Å². The Hall–Kier alpha value is -1.78. The van der Waals surface area contributed by atoms with Crippen molar-refractivity contribution < 1.29 is 23.1 Å². The third kappa shape index (κ3) is 5.14. The molecule has 0 fully saturated rings. The molecule has 0 bridgehead atoms. The van der Waals surface area contributed by atoms with Gasteiger partial charge in [0.25, 0.3) is 0 Å². The maximum absolute atomic E-state index is 13.4. The number of benzene rings is 2. The summed E-state index contributed by atoms with van der Waals surface area (Å²) in [6, 6.07) is 18.3. The summed E-state index contributed by atoms with van der Waals surface area (Å²) < 4.78 is 29.6. The molecule has 5 nitrogen and oxygen atoms in total. The molecule has 2 aromatic rings. The van der Waals surface area contributed by atoms with Crippen LogP contribution in [-0.2, 0) is 24.0 Å². The SMILES string of the molecule is CCOP(=O)(CCC(OC)(C(=O)c1ccccc1)c1ccccc1)OCC. The van der Waals surface area contributed by atoms with Crippen molar-refractivity contribution in [1.29, 1.82) is 0 Å². The number of hydrogen-bond acceptors (Lipinski definition) is 5. The Bertz CT molecular complexity index is 753. The van der Waals surface area contributed by atoms with Crippen molar-refractivity contribution in [2.75, 3.05) is 26.5 Å². The van der Waals surface area contributed by atoms with Gasteiger partial charge in [0.1, 0.15) is 0 Å². The predicted octanol–water partition coefficient (Wildman–Crippen LogP) is 5.07. The van der Waals surface area contributed by atoms with Gasteiger partial charge >= 0.3 is 7.60 Å². The molecule has 0 aliphatic carbocycles. The van der Waals surface area contributed by atoms with Gasteiger partial charge in [-0.3, -0.25) is 9.36 Å². The van der Waals surface area contributed by atoms with Gasteiger partial charge in [0.05, 0.1) is 19.4 Å². The van der Waals surface area contributed by atoms with E-state index in [0.29, 0.717) is 11.1 Å². The molecule has 0 saturated heterocycles. The molecule has 27 heavy (non-hydrogen) atoms. The highest BCUT2D eigenvalue weighted by molar-refractivity contribution is 7.53. The molecule has 0 heterocycles. The first-order valence-corrected chi connectivity index (χ1v) is 10.8. The zero-order valence-electron chi connectivity index (χ0n) is 16.1. The first kappa shape index (κ1) is 21.5. The van der Waals surface area contributed by atoms with E-state index in [1.807, 2.05) is 48.5 Å². The van der Waals surface area contributed by atoms with Gasteiger partial charge < -0.3 is 13.8 Å². The number of ether oxygens (including phenoxy) is 1. The molecule has 0 N–H and O–H groups in total. The molecular weight excluding hydrogens is 363 g/mol. The molecule has 1 unspecified atom stereocenters. The maximum Gasteiger partial charge on any atom is 0.330 e. The van der Waals surface area contributed by atoms with Crippen molar-refractivity contribution in [3.63, 3.8) is 0 Å². The lowest BCUT2D eigenvalue weighted by Crippen LogP contribution is -2.39. The van der Waals surface area contributed by atoms with Crippen LogP contribution in [0.15, 0.2) is 60.7 Å². The quantitative estimate of drug-likeness (QED) is 0.396. The summed E-state index contributed by atoms with van der Waals surface area (Å²) in [5.41, 5.74) is -0.0290. The van der Waals surface area contributed by atoms with E-state index >= 15 is 0 Å². The van der Waals surface area contributed by atoms with Gasteiger partial charge in [0.15, 0.2) is 11.4 Å². The molecule has 0 saturated carbocycles. The van der Waals surface area contributed by atoms with E-state index in [4.69, 9.17) is 13.8 Å². The molecule has 0 aromatic heterocycles. The van der Waals surface area contributed by atoms with Crippen LogP contribution in [0, 0.1) is 0 Å². The van der Waals surface area contributed by atoms with Crippen LogP contribution in [-0.4, -0.2) is 32.3 Å². The predicted molar refractivity (Wildman–Crippen MR) is 106 cm³/mol. The molecule has 2 rings (SSSR count). The van der Waals surface area contributed by atoms with Gasteiger partial charge in [-0.05, 0) is 25.8 Å². The third-order valence-corrected chi connectivity index (χ3v) is 6.46. The topological polar surface area (TPSA) is 61.8 Å². The fraction of sp³-hybridized carbons (Fsp3) is 0.381. The smallest absolute Gasteiger partial charge is 0.330 e. The van der Waals surface area contributed by atoms with Crippen molar-refractivity contribution in [2.45, 2.75) is 25.9 Å². The number of ketones is 1. The lowest BCUT2D eigenvalue weighted by molar-refractivity contribution is -0.00385. The second kappa shape index (κ2) is 9.95. The number of hydrogen-bond donors (Lipinski definition) is 0. The van der Waals surface area contributed by atoms with Crippen LogP contribution in [0.2, 0.25) is 0 Å². The molecule has 0 amide bonds. The van der Waals surface area contributed by atoms with Crippen molar-refractivity contribution in [1.82, 2.24) is 0 Å². The van der Waals surface area contributed by atoms with Crippen LogP contribution >= 0.6 is 7.60 Å². The number of rotatable bonds is 11. The van der Waals surface area contributed by atoms with E-state index in [-0.39, 0.29) is 31.6 Å². The van der Waals surface area contributed by atoms with E-state index in [0.717, 1.165) is 0 Å². The Morgan fingerprint density at radius 3 is 1.93 bits per heavy atom. The van der Waals surface area contributed by atoms with Crippen LogP contribution in [0.4, 0.5) is 0 Å². The fourth-order valence-electron chi connectivity index (χ4n) is 3.09. The average Bonchev–Trinajstić information content (AvgIpc) is 2.70. The van der Waals surface area contributed by atoms with Crippen LogP contribution in [0.1, 0.15) is 36.2 Å². The molecule has 6 heteroatoms. The molecule has 0 aliphatic rings. The first-order chi connectivity index (χ1) is 13.0. The number of Topliss-reactive ketones (excluding diaryl/α,β-unsaturated/α-hetero) is 1. The van der Waals surface area contributed by atoms with Gasteiger partial charge in [-0.1, -0.05) is 60.7 Å². The normalized spacial score (nSPS) is 13.9. The largest absolute Gasteiger partial charge is 0.365 e. The zero-order chi connectivity index (χ0) is 19.8. The molecule has 2 aromatic carbocycles. The summed E-state index contributed by atoms with van der Waals surface area (Å²) >= 11 is 0. The van der Waals surface area contributed by atoms with E-state index in [9.17, 15) is 9.36 Å². The van der Waals surface area contributed by atoms with Gasteiger partial charge in [0.2, 0.25) is 0 Å². The van der Waals surface area contributed by atoms with E-state index in [2.05, 4.69) is 0 Å². The van der Waals surface area contributed by atoms with Gasteiger partial charge in [-0.2, -0.15) is 0 Å². The number of carbonyl (C=O) groups excluding carboxylic acids is 1. The number of carbonyl (C=O) groups is 1. The van der Waals surface area contributed by atoms with Crippen LogP contribution in [0.25, 0.3) is 0 Å². The highest BCUT2D eigenvalue weighted by Gasteiger charge is 2.43. The van der Waals surface area contributed by atoms with Crippen LogP contribution in [0.3, 0.4) is 0 Å². The first-order valence-electron chi connectivity index (χ1n) is 9.10. The summed E-state index contributed by atoms with van der Waals surface area (Å²) in [6.45, 7) is 4.08. The molecule has 0 spiro atoms. The van der Waals surface area contributed by atoms with E-state index in [1.165, 1.54) is 7.11 Å². The summed E-state index contributed by atoms with van der Waals surface area (Å²) in [4.78, 5) is 13.4. The summed E-state index contributed by atoms with van der Waals surface area (Å²) in [5.74, 6) is -0.184. The second-order valence-electron chi connectivity index (χ2n) is 6.01. The molecule has 0 aliphatic heterocycles. The highest BCUT2D eigenvalue weighted by Crippen LogP contribution is 2.51. The van der Waals surface area contributed by atoms with Gasteiger partial charge in [0, 0.05) is 12.7 Å². The molecule has 1 atom stereocenters. The molecule has 0 radical (unpaired) electrons. The Kier molecular flexibility index (Phi) is 7.93. The highest BCUT2D eigenvalue weighted by atomic mass is 31.2. The van der Waals surface area contributed by atoms with Crippen molar-refractivity contribution in [3.8, 4) is 0 Å². The maximum atomic E-state index is 13.4. The summed E-state index contributed by atoms with van der Waals surface area (Å²) in [5, 5.41) is 0. The van der Waals surface area contributed by atoms with Crippen molar-refractivity contribution in [2.24, 2.45) is 0 Å². The fourth-order valence-corrected chi connectivity index (χ4v) is 4.79. The lowest BCUT2D eigenvalue weighted by Gasteiger charge is -2.32. The van der Waals surface area contributed by atoms with E-state index in [1.54, 1.807) is 26.0 Å². The van der Waals surface area contributed by atoms with Gasteiger partial charge in [-0.15, -0.1) is 0 Å². The monoisotopic (exact) mass is 390 g/mol. The number of methoxy groups -OCH3 is 1. The zero-order valence-corrected chi connectivity index (χ0v) is 17.0.